The zero-order valence-electron chi connectivity index (χ0n) is 8.21. The molecule has 0 aromatic carbocycles. The van der Waals surface area contributed by atoms with E-state index in [2.05, 4.69) is 10.6 Å². The van der Waals surface area contributed by atoms with Gasteiger partial charge < -0.3 is 15.7 Å². The number of amides is 1. The maximum atomic E-state index is 11.0. The second-order valence-electron chi connectivity index (χ2n) is 2.77. The highest BCUT2D eigenvalue weighted by atomic mass is 16.3. The van der Waals surface area contributed by atoms with Crippen LogP contribution in [0.1, 0.15) is 13.8 Å². The third-order valence-electron chi connectivity index (χ3n) is 1.50. The number of aliphatic hydroxyl groups excluding tert-OH is 1. The monoisotopic (exact) mass is 186 g/mol. The number of rotatable bonds is 6. The van der Waals surface area contributed by atoms with Crippen molar-refractivity contribution in [2.75, 3.05) is 19.7 Å². The predicted octanol–water partition coefficient (Wildman–Crippen LogP) is -0.351. The summed E-state index contributed by atoms with van der Waals surface area (Å²) in [5.41, 5.74) is 0. The summed E-state index contributed by atoms with van der Waals surface area (Å²) in [6, 6.07) is 0.199. The molecule has 0 saturated heterocycles. The molecule has 0 heterocycles. The quantitative estimate of drug-likeness (QED) is 0.497. The van der Waals surface area contributed by atoms with Gasteiger partial charge in [0.2, 0.25) is 5.91 Å². The van der Waals surface area contributed by atoms with Crippen LogP contribution in [0.25, 0.3) is 0 Å². The Morgan fingerprint density at radius 1 is 1.62 bits per heavy atom. The van der Waals surface area contributed by atoms with Gasteiger partial charge in [-0.1, -0.05) is 12.2 Å². The first-order valence-corrected chi connectivity index (χ1v) is 4.44. The van der Waals surface area contributed by atoms with Gasteiger partial charge in [-0.15, -0.1) is 0 Å². The van der Waals surface area contributed by atoms with Crippen LogP contribution in [0.5, 0.6) is 0 Å². The van der Waals surface area contributed by atoms with Crippen LogP contribution < -0.4 is 10.6 Å². The molecule has 0 bridgehead atoms. The van der Waals surface area contributed by atoms with Gasteiger partial charge in [0.15, 0.2) is 0 Å². The summed E-state index contributed by atoms with van der Waals surface area (Å²) in [6.07, 6.45) is 3.91. The van der Waals surface area contributed by atoms with Crippen LogP contribution in [0.4, 0.5) is 0 Å². The minimum Gasteiger partial charge on any atom is -0.395 e. The molecular formula is C9H18N2O2. The standard InChI is InChI=1S/C9H18N2O2/c1-3-4-8(2)11-7-9(13)10-5-6-12/h3-4,8,11-12H,5-7H2,1-2H3,(H,10,13). The topological polar surface area (TPSA) is 61.4 Å². The van der Waals surface area contributed by atoms with Gasteiger partial charge in [-0.05, 0) is 13.8 Å². The molecule has 4 nitrogen and oxygen atoms in total. The summed E-state index contributed by atoms with van der Waals surface area (Å²) in [4.78, 5) is 11.0. The zero-order valence-corrected chi connectivity index (χ0v) is 8.21. The number of carbonyl (C=O) groups excluding carboxylic acids is 1. The Bertz CT molecular complexity index is 169. The largest absolute Gasteiger partial charge is 0.395 e. The first-order chi connectivity index (χ1) is 6.20. The van der Waals surface area contributed by atoms with E-state index in [4.69, 9.17) is 5.11 Å². The van der Waals surface area contributed by atoms with Crippen molar-refractivity contribution in [2.24, 2.45) is 0 Å². The lowest BCUT2D eigenvalue weighted by Gasteiger charge is -2.08. The van der Waals surface area contributed by atoms with E-state index in [0.717, 1.165) is 0 Å². The lowest BCUT2D eigenvalue weighted by molar-refractivity contribution is -0.120. The first-order valence-electron chi connectivity index (χ1n) is 4.44. The minimum atomic E-state index is -0.0922. The molecular weight excluding hydrogens is 168 g/mol. The third-order valence-corrected chi connectivity index (χ3v) is 1.50. The molecule has 3 N–H and O–H groups in total. The summed E-state index contributed by atoms with van der Waals surface area (Å²) < 4.78 is 0. The van der Waals surface area contributed by atoms with Crippen LogP contribution in [-0.2, 0) is 4.79 Å². The maximum Gasteiger partial charge on any atom is 0.234 e. The number of hydrogen-bond acceptors (Lipinski definition) is 3. The third kappa shape index (κ3) is 7.49. The molecule has 1 atom stereocenters. The smallest absolute Gasteiger partial charge is 0.234 e. The van der Waals surface area contributed by atoms with Crippen LogP contribution in [0, 0.1) is 0 Å². The zero-order chi connectivity index (χ0) is 10.1. The van der Waals surface area contributed by atoms with Crippen LogP contribution in [-0.4, -0.2) is 36.8 Å². The number of allylic oxidation sites excluding steroid dienone is 1. The second-order valence-corrected chi connectivity index (χ2v) is 2.77. The van der Waals surface area contributed by atoms with E-state index in [-0.39, 0.29) is 25.1 Å². The van der Waals surface area contributed by atoms with Crippen molar-refractivity contribution in [1.82, 2.24) is 10.6 Å². The van der Waals surface area contributed by atoms with E-state index >= 15 is 0 Å². The van der Waals surface area contributed by atoms with Crippen LogP contribution >= 0.6 is 0 Å². The van der Waals surface area contributed by atoms with Crippen LogP contribution in [0.3, 0.4) is 0 Å². The number of aliphatic hydroxyl groups is 1. The Morgan fingerprint density at radius 2 is 2.31 bits per heavy atom. The van der Waals surface area contributed by atoms with E-state index < -0.39 is 0 Å². The van der Waals surface area contributed by atoms with Crippen LogP contribution in [0.2, 0.25) is 0 Å². The van der Waals surface area contributed by atoms with Gasteiger partial charge in [0.05, 0.1) is 13.2 Å². The fraction of sp³-hybridized carbons (Fsp3) is 0.667. The van der Waals surface area contributed by atoms with Gasteiger partial charge in [0.25, 0.3) is 0 Å². The van der Waals surface area contributed by atoms with Crippen molar-refractivity contribution in [3.8, 4) is 0 Å². The van der Waals surface area contributed by atoms with Gasteiger partial charge in [0, 0.05) is 12.6 Å². The van der Waals surface area contributed by atoms with Crippen molar-refractivity contribution in [3.05, 3.63) is 12.2 Å². The van der Waals surface area contributed by atoms with Crippen molar-refractivity contribution >= 4 is 5.91 Å². The maximum absolute atomic E-state index is 11.0. The summed E-state index contributed by atoms with van der Waals surface area (Å²) in [5.74, 6) is -0.0922. The van der Waals surface area contributed by atoms with E-state index in [9.17, 15) is 4.79 Å². The van der Waals surface area contributed by atoms with E-state index in [1.165, 1.54) is 0 Å². The van der Waals surface area contributed by atoms with Crippen molar-refractivity contribution in [2.45, 2.75) is 19.9 Å². The van der Waals surface area contributed by atoms with E-state index in [1.54, 1.807) is 0 Å². The van der Waals surface area contributed by atoms with Gasteiger partial charge in [-0.3, -0.25) is 4.79 Å². The highest BCUT2D eigenvalue weighted by Gasteiger charge is 2.00. The van der Waals surface area contributed by atoms with Crippen molar-refractivity contribution in [3.63, 3.8) is 0 Å². The van der Waals surface area contributed by atoms with Gasteiger partial charge in [-0.25, -0.2) is 0 Å². The van der Waals surface area contributed by atoms with Gasteiger partial charge in [0.1, 0.15) is 0 Å². The Kier molecular flexibility index (Phi) is 7.24. The molecule has 0 radical (unpaired) electrons. The lowest BCUT2D eigenvalue weighted by Crippen LogP contribution is -2.38. The fourth-order valence-corrected chi connectivity index (χ4v) is 0.868. The molecule has 0 aliphatic heterocycles. The Balaban J connectivity index is 3.45. The number of carbonyl (C=O) groups is 1. The molecule has 76 valence electrons. The molecule has 0 aromatic rings. The van der Waals surface area contributed by atoms with Crippen molar-refractivity contribution < 1.29 is 9.90 Å². The predicted molar refractivity (Wildman–Crippen MR) is 52.4 cm³/mol. The minimum absolute atomic E-state index is 0.0177. The number of hydrogen-bond donors (Lipinski definition) is 3. The summed E-state index contributed by atoms with van der Waals surface area (Å²) in [7, 11) is 0. The lowest BCUT2D eigenvalue weighted by atomic mass is 10.3. The summed E-state index contributed by atoms with van der Waals surface area (Å²) in [5, 5.41) is 14.0. The molecule has 0 aromatic heterocycles. The second kappa shape index (κ2) is 7.76. The summed E-state index contributed by atoms with van der Waals surface area (Å²) >= 11 is 0. The molecule has 0 rings (SSSR count). The Morgan fingerprint density at radius 3 is 2.85 bits per heavy atom. The first kappa shape index (κ1) is 12.1. The molecule has 0 fully saturated rings. The molecule has 0 aliphatic rings. The van der Waals surface area contributed by atoms with Crippen molar-refractivity contribution in [1.29, 1.82) is 0 Å². The Labute approximate surface area is 79.0 Å². The normalized spacial score (nSPS) is 13.2. The molecule has 0 spiro atoms. The van der Waals surface area contributed by atoms with Gasteiger partial charge >= 0.3 is 0 Å². The molecule has 0 saturated carbocycles. The number of nitrogens with one attached hydrogen (secondary N) is 2. The average Bonchev–Trinajstić information content (AvgIpc) is 2.12. The fourth-order valence-electron chi connectivity index (χ4n) is 0.868. The highest BCUT2D eigenvalue weighted by molar-refractivity contribution is 5.77. The van der Waals surface area contributed by atoms with Crippen LogP contribution in [0.15, 0.2) is 12.2 Å². The molecule has 1 unspecified atom stereocenters. The van der Waals surface area contributed by atoms with Gasteiger partial charge in [-0.2, -0.15) is 0 Å². The highest BCUT2D eigenvalue weighted by Crippen LogP contribution is 1.82. The Hall–Kier alpha value is -0.870. The van der Waals surface area contributed by atoms with E-state index in [0.29, 0.717) is 6.54 Å². The molecule has 13 heavy (non-hydrogen) atoms. The summed E-state index contributed by atoms with van der Waals surface area (Å²) in [6.45, 7) is 4.49. The molecule has 0 aliphatic carbocycles. The van der Waals surface area contributed by atoms with E-state index in [1.807, 2.05) is 26.0 Å². The average molecular weight is 186 g/mol. The SMILES string of the molecule is CC=CC(C)NCC(=O)NCCO. The molecule has 4 heteroatoms. The molecule has 1 amide bonds.